The number of thiophene rings is 2. The van der Waals surface area contributed by atoms with Crippen LogP contribution in [0.5, 0.6) is 0 Å². The van der Waals surface area contributed by atoms with Gasteiger partial charge in [-0.15, -0.1) is 22.7 Å². The van der Waals surface area contributed by atoms with Gasteiger partial charge < -0.3 is 5.32 Å². The summed E-state index contributed by atoms with van der Waals surface area (Å²) >= 11 is 4.81. The normalized spacial score (nSPS) is 12.5. The molecular weight excluding hydrogens is 332 g/mol. The molecule has 3 aromatic heterocycles. The maximum atomic E-state index is 12.5. The Labute approximate surface area is 141 Å². The van der Waals surface area contributed by atoms with E-state index in [1.165, 1.54) is 16.2 Å². The maximum absolute atomic E-state index is 12.5. The Kier molecular flexibility index (Phi) is 4.71. The van der Waals surface area contributed by atoms with E-state index in [1.54, 1.807) is 22.7 Å². The van der Waals surface area contributed by atoms with Crippen molar-refractivity contribution in [3.05, 3.63) is 50.3 Å². The fourth-order valence-corrected chi connectivity index (χ4v) is 4.61. The van der Waals surface area contributed by atoms with Gasteiger partial charge in [-0.25, -0.2) is 4.98 Å². The molecule has 3 nitrogen and oxygen atoms in total. The quantitative estimate of drug-likeness (QED) is 0.700. The minimum atomic E-state index is -0.107. The molecule has 0 radical (unpaired) electrons. The van der Waals surface area contributed by atoms with Crippen molar-refractivity contribution >= 4 is 39.9 Å². The fourth-order valence-electron chi connectivity index (χ4n) is 2.15. The van der Waals surface area contributed by atoms with Crippen molar-refractivity contribution in [3.8, 4) is 10.6 Å². The van der Waals surface area contributed by atoms with E-state index in [0.717, 1.165) is 10.6 Å². The summed E-state index contributed by atoms with van der Waals surface area (Å²) in [6, 6.07) is 6.12. The molecule has 22 heavy (non-hydrogen) atoms. The number of amides is 1. The zero-order valence-electron chi connectivity index (χ0n) is 12.3. The molecule has 3 heterocycles. The zero-order chi connectivity index (χ0) is 15.5. The number of nitrogens with one attached hydrogen (secondary N) is 1. The summed E-state index contributed by atoms with van der Waals surface area (Å²) in [6.07, 6.45) is 0. The summed E-state index contributed by atoms with van der Waals surface area (Å²) in [6.45, 7) is 4.23. The van der Waals surface area contributed by atoms with Crippen LogP contribution in [0.2, 0.25) is 0 Å². The van der Waals surface area contributed by atoms with E-state index in [2.05, 4.69) is 30.2 Å². The molecule has 0 unspecified atom stereocenters. The molecule has 0 saturated carbocycles. The molecule has 3 rings (SSSR count). The average molecular weight is 349 g/mol. The highest BCUT2D eigenvalue weighted by Gasteiger charge is 2.21. The summed E-state index contributed by atoms with van der Waals surface area (Å²) in [4.78, 5) is 18.1. The number of hydrogen-bond acceptors (Lipinski definition) is 5. The molecule has 0 aromatic carbocycles. The second kappa shape index (κ2) is 6.73. The summed E-state index contributed by atoms with van der Waals surface area (Å²) in [5.74, 6) is 0.224. The van der Waals surface area contributed by atoms with Crippen molar-refractivity contribution in [3.63, 3.8) is 0 Å². The van der Waals surface area contributed by atoms with Crippen molar-refractivity contribution in [1.82, 2.24) is 10.3 Å². The van der Waals surface area contributed by atoms with Crippen LogP contribution < -0.4 is 5.32 Å². The largest absolute Gasteiger partial charge is 0.343 e. The maximum Gasteiger partial charge on any atom is 0.271 e. The van der Waals surface area contributed by atoms with Crippen LogP contribution in [0.25, 0.3) is 10.6 Å². The number of thiazole rings is 1. The molecule has 0 aliphatic heterocycles. The van der Waals surface area contributed by atoms with E-state index in [1.807, 2.05) is 33.7 Å². The first-order valence-corrected chi connectivity index (χ1v) is 9.67. The summed E-state index contributed by atoms with van der Waals surface area (Å²) in [5.41, 5.74) is 1.57. The molecular formula is C16H16N2OS3. The van der Waals surface area contributed by atoms with Crippen molar-refractivity contribution < 1.29 is 4.79 Å². The summed E-state index contributed by atoms with van der Waals surface area (Å²) in [7, 11) is 0. The lowest BCUT2D eigenvalue weighted by atomic mass is 10.0. The Hall–Kier alpha value is -1.50. The Balaban J connectivity index is 1.76. The van der Waals surface area contributed by atoms with Crippen LogP contribution in [0.1, 0.15) is 35.3 Å². The van der Waals surface area contributed by atoms with Gasteiger partial charge in [0.25, 0.3) is 5.91 Å². The summed E-state index contributed by atoms with van der Waals surface area (Å²) < 4.78 is 0. The highest BCUT2D eigenvalue weighted by molar-refractivity contribution is 7.14. The van der Waals surface area contributed by atoms with E-state index in [9.17, 15) is 4.79 Å². The van der Waals surface area contributed by atoms with Crippen molar-refractivity contribution in [2.45, 2.75) is 19.9 Å². The molecule has 114 valence electrons. The first-order chi connectivity index (χ1) is 10.6. The van der Waals surface area contributed by atoms with Gasteiger partial charge in [0, 0.05) is 21.2 Å². The number of hydrogen-bond donors (Lipinski definition) is 1. The molecule has 0 saturated heterocycles. The highest BCUT2D eigenvalue weighted by Crippen LogP contribution is 2.28. The van der Waals surface area contributed by atoms with Crippen LogP contribution in [-0.2, 0) is 0 Å². The number of aromatic nitrogens is 1. The minimum Gasteiger partial charge on any atom is -0.343 e. The smallest absolute Gasteiger partial charge is 0.271 e. The molecule has 0 bridgehead atoms. The lowest BCUT2D eigenvalue weighted by Gasteiger charge is -2.20. The molecule has 3 aromatic rings. The molecule has 1 N–H and O–H groups in total. The van der Waals surface area contributed by atoms with E-state index in [0.29, 0.717) is 11.6 Å². The Morgan fingerprint density at radius 3 is 2.68 bits per heavy atom. The van der Waals surface area contributed by atoms with Crippen LogP contribution in [-0.4, -0.2) is 10.9 Å². The van der Waals surface area contributed by atoms with Crippen LogP contribution in [0.3, 0.4) is 0 Å². The number of carbonyl (C=O) groups excluding carboxylic acids is 1. The van der Waals surface area contributed by atoms with Crippen LogP contribution in [0.4, 0.5) is 0 Å². The van der Waals surface area contributed by atoms with Gasteiger partial charge >= 0.3 is 0 Å². The van der Waals surface area contributed by atoms with Gasteiger partial charge in [-0.3, -0.25) is 4.79 Å². The predicted octanol–water partition coefficient (Wildman–Crippen LogP) is 5.06. The molecule has 0 spiro atoms. The van der Waals surface area contributed by atoms with E-state index >= 15 is 0 Å². The van der Waals surface area contributed by atoms with E-state index in [4.69, 9.17) is 0 Å². The van der Waals surface area contributed by atoms with Gasteiger partial charge in [-0.05, 0) is 28.8 Å². The standard InChI is InChI=1S/C16H16N2OS3/c1-10(2)14(13-4-3-6-21-13)18-15(19)12-9-22-16(17-12)11-5-7-20-8-11/h3-10,14H,1-2H3,(H,18,19)/t14-/m0/s1. The van der Waals surface area contributed by atoms with Crippen LogP contribution in [0.15, 0.2) is 39.7 Å². The number of carbonyl (C=O) groups is 1. The second-order valence-electron chi connectivity index (χ2n) is 5.26. The number of rotatable bonds is 5. The Bertz CT molecular complexity index is 729. The van der Waals surface area contributed by atoms with E-state index in [-0.39, 0.29) is 11.9 Å². The minimum absolute atomic E-state index is 0.0267. The second-order valence-corrected chi connectivity index (χ2v) is 7.88. The lowest BCUT2D eigenvalue weighted by Crippen LogP contribution is -2.31. The third kappa shape index (κ3) is 3.29. The van der Waals surface area contributed by atoms with Crippen LogP contribution >= 0.6 is 34.0 Å². The average Bonchev–Trinajstić information content (AvgIpc) is 3.25. The van der Waals surface area contributed by atoms with Crippen molar-refractivity contribution in [1.29, 1.82) is 0 Å². The highest BCUT2D eigenvalue weighted by atomic mass is 32.1. The molecule has 6 heteroatoms. The Morgan fingerprint density at radius 1 is 1.18 bits per heavy atom. The first-order valence-electron chi connectivity index (χ1n) is 6.97. The molecule has 0 aliphatic rings. The van der Waals surface area contributed by atoms with Gasteiger partial charge in [-0.1, -0.05) is 19.9 Å². The zero-order valence-corrected chi connectivity index (χ0v) is 14.7. The topological polar surface area (TPSA) is 42.0 Å². The van der Waals surface area contributed by atoms with Crippen molar-refractivity contribution in [2.75, 3.05) is 0 Å². The Morgan fingerprint density at radius 2 is 2.05 bits per heavy atom. The fraction of sp³-hybridized carbons (Fsp3) is 0.250. The van der Waals surface area contributed by atoms with Gasteiger partial charge in [-0.2, -0.15) is 11.3 Å². The lowest BCUT2D eigenvalue weighted by molar-refractivity contribution is 0.0922. The van der Waals surface area contributed by atoms with Gasteiger partial charge in [0.15, 0.2) is 0 Å². The number of nitrogens with zero attached hydrogens (tertiary/aromatic N) is 1. The summed E-state index contributed by atoms with van der Waals surface area (Å²) in [5, 5.41) is 11.9. The molecule has 0 aliphatic carbocycles. The van der Waals surface area contributed by atoms with Crippen molar-refractivity contribution in [2.24, 2.45) is 5.92 Å². The molecule has 1 amide bonds. The third-order valence-corrected chi connectivity index (χ3v) is 5.84. The molecule has 1 atom stereocenters. The van der Waals surface area contributed by atoms with E-state index < -0.39 is 0 Å². The predicted molar refractivity (Wildman–Crippen MR) is 94.8 cm³/mol. The molecule has 0 fully saturated rings. The SMILES string of the molecule is CC(C)[C@H](NC(=O)c1csc(-c2ccsc2)n1)c1cccs1. The van der Waals surface area contributed by atoms with Gasteiger partial charge in [0.2, 0.25) is 0 Å². The van der Waals surface area contributed by atoms with Gasteiger partial charge in [0.1, 0.15) is 10.7 Å². The van der Waals surface area contributed by atoms with Crippen LogP contribution in [0, 0.1) is 5.92 Å². The third-order valence-electron chi connectivity index (χ3n) is 3.31. The first kappa shape index (κ1) is 15.4. The van der Waals surface area contributed by atoms with Gasteiger partial charge in [0.05, 0.1) is 6.04 Å². The monoisotopic (exact) mass is 348 g/mol.